The first-order valence-electron chi connectivity index (χ1n) is 8.06. The van der Waals surface area contributed by atoms with Crippen molar-refractivity contribution in [2.24, 2.45) is 0 Å². The molecule has 0 bridgehead atoms. The molecule has 2 amide bonds. The first-order valence-corrected chi connectivity index (χ1v) is 8.94. The molecule has 3 rings (SSSR count). The van der Waals surface area contributed by atoms with E-state index in [9.17, 15) is 9.59 Å². The van der Waals surface area contributed by atoms with Crippen molar-refractivity contribution in [1.82, 2.24) is 15.0 Å². The second-order valence-electron chi connectivity index (χ2n) is 5.41. The minimum atomic E-state index is -0.437. The Balaban J connectivity index is 1.59. The lowest BCUT2D eigenvalue weighted by atomic mass is 10.1. The van der Waals surface area contributed by atoms with Crippen molar-refractivity contribution in [3.8, 4) is 0 Å². The molecular formula is C18H17N5O2S. The number of carbonyl (C=O) groups is 2. The Labute approximate surface area is 154 Å². The molecule has 2 N–H and O–H groups in total. The summed E-state index contributed by atoms with van der Waals surface area (Å²) in [4.78, 5) is 36.3. The Bertz CT molecular complexity index is 911. The molecule has 0 saturated carbocycles. The molecule has 0 saturated heterocycles. The van der Waals surface area contributed by atoms with Gasteiger partial charge >= 0.3 is 0 Å². The smallest absolute Gasteiger partial charge is 0.295 e. The second kappa shape index (κ2) is 8.30. The van der Waals surface area contributed by atoms with Gasteiger partial charge in [0.2, 0.25) is 11.7 Å². The van der Waals surface area contributed by atoms with E-state index in [1.807, 2.05) is 31.2 Å². The topological polar surface area (TPSA) is 96.9 Å². The summed E-state index contributed by atoms with van der Waals surface area (Å²) >= 11 is 1.25. The molecule has 0 atom stereocenters. The maximum absolute atomic E-state index is 12.2. The third-order valence-corrected chi connectivity index (χ3v) is 4.36. The van der Waals surface area contributed by atoms with Crippen LogP contribution in [0.4, 0.5) is 10.8 Å². The molecule has 0 aliphatic rings. The van der Waals surface area contributed by atoms with Crippen molar-refractivity contribution in [2.75, 3.05) is 10.6 Å². The number of anilines is 2. The molecule has 1 aromatic carbocycles. The third kappa shape index (κ3) is 4.48. The van der Waals surface area contributed by atoms with E-state index in [0.29, 0.717) is 10.8 Å². The average molecular weight is 367 g/mol. The van der Waals surface area contributed by atoms with E-state index >= 15 is 0 Å². The van der Waals surface area contributed by atoms with E-state index in [0.717, 1.165) is 17.7 Å². The summed E-state index contributed by atoms with van der Waals surface area (Å²) in [7, 11) is 0. The summed E-state index contributed by atoms with van der Waals surface area (Å²) in [6.45, 7) is 2.04. The number of nitrogens with one attached hydrogen (secondary N) is 2. The summed E-state index contributed by atoms with van der Waals surface area (Å²) in [5, 5.41) is 7.68. The van der Waals surface area contributed by atoms with Gasteiger partial charge < -0.3 is 5.32 Å². The van der Waals surface area contributed by atoms with Gasteiger partial charge in [0.05, 0.1) is 12.1 Å². The number of nitrogens with zero attached hydrogens (tertiary/aromatic N) is 3. The van der Waals surface area contributed by atoms with Crippen LogP contribution in [0.5, 0.6) is 0 Å². The van der Waals surface area contributed by atoms with E-state index in [2.05, 4.69) is 25.6 Å². The van der Waals surface area contributed by atoms with Crippen LogP contribution in [-0.2, 0) is 17.6 Å². The highest BCUT2D eigenvalue weighted by Gasteiger charge is 2.13. The van der Waals surface area contributed by atoms with Gasteiger partial charge in [0, 0.05) is 23.5 Å². The molecule has 0 aliphatic carbocycles. The number of aromatic nitrogens is 3. The Hall–Kier alpha value is -3.13. The van der Waals surface area contributed by atoms with Crippen LogP contribution in [0.1, 0.15) is 28.8 Å². The fraction of sp³-hybridized carbons (Fsp3) is 0.167. The summed E-state index contributed by atoms with van der Waals surface area (Å²) in [6.07, 6.45) is 3.96. The van der Waals surface area contributed by atoms with Crippen molar-refractivity contribution >= 4 is 34.0 Å². The Morgan fingerprint density at radius 1 is 1.08 bits per heavy atom. The zero-order valence-corrected chi connectivity index (χ0v) is 14.9. The predicted molar refractivity (Wildman–Crippen MR) is 100 cm³/mol. The number of benzene rings is 1. The molecule has 0 fully saturated rings. The molecule has 0 spiro atoms. The van der Waals surface area contributed by atoms with Gasteiger partial charge in [-0.25, -0.2) is 15.0 Å². The fourth-order valence-corrected chi connectivity index (χ4v) is 3.03. The Morgan fingerprint density at radius 2 is 1.85 bits per heavy atom. The summed E-state index contributed by atoms with van der Waals surface area (Å²) in [5.41, 5.74) is 2.48. The summed E-state index contributed by atoms with van der Waals surface area (Å²) < 4.78 is 0. The lowest BCUT2D eigenvalue weighted by Gasteiger charge is -2.08. The largest absolute Gasteiger partial charge is 0.325 e. The predicted octanol–water partition coefficient (Wildman–Crippen LogP) is 2.93. The minimum Gasteiger partial charge on any atom is -0.325 e. The van der Waals surface area contributed by atoms with Gasteiger partial charge in [0.25, 0.3) is 5.91 Å². The third-order valence-electron chi connectivity index (χ3n) is 3.56. The molecule has 0 aliphatic heterocycles. The molecule has 7 nitrogen and oxygen atoms in total. The molecule has 3 aromatic rings. The van der Waals surface area contributed by atoms with E-state index in [4.69, 9.17) is 0 Å². The maximum atomic E-state index is 12.2. The van der Waals surface area contributed by atoms with Crippen LogP contribution >= 0.6 is 11.3 Å². The van der Waals surface area contributed by atoms with E-state index in [-0.39, 0.29) is 18.2 Å². The van der Waals surface area contributed by atoms with Gasteiger partial charge in [-0.05, 0) is 24.1 Å². The highest BCUT2D eigenvalue weighted by Crippen LogP contribution is 2.18. The van der Waals surface area contributed by atoms with Crippen LogP contribution in [-0.4, -0.2) is 26.8 Å². The first-order chi connectivity index (χ1) is 12.7. The number of amides is 2. The zero-order valence-electron chi connectivity index (χ0n) is 14.1. The van der Waals surface area contributed by atoms with Crippen LogP contribution in [0.15, 0.2) is 48.1 Å². The monoisotopic (exact) mass is 367 g/mol. The van der Waals surface area contributed by atoms with Crippen LogP contribution < -0.4 is 10.6 Å². The summed E-state index contributed by atoms with van der Waals surface area (Å²) in [6, 6.07) is 9.33. The molecule has 132 valence electrons. The van der Waals surface area contributed by atoms with Crippen molar-refractivity contribution in [2.45, 2.75) is 19.8 Å². The molecule has 2 heterocycles. The van der Waals surface area contributed by atoms with Gasteiger partial charge in [-0.2, -0.15) is 0 Å². The van der Waals surface area contributed by atoms with Crippen molar-refractivity contribution in [1.29, 1.82) is 0 Å². The molecule has 0 radical (unpaired) electrons. The molecule has 2 aromatic heterocycles. The molecule has 0 unspecified atom stereocenters. The fourth-order valence-electron chi connectivity index (χ4n) is 2.32. The van der Waals surface area contributed by atoms with Crippen LogP contribution in [0.3, 0.4) is 0 Å². The maximum Gasteiger partial charge on any atom is 0.295 e. The van der Waals surface area contributed by atoms with Gasteiger partial charge in [-0.15, -0.1) is 11.3 Å². The van der Waals surface area contributed by atoms with Gasteiger partial charge in [0.15, 0.2) is 5.13 Å². The van der Waals surface area contributed by atoms with Crippen LogP contribution in [0, 0.1) is 0 Å². The minimum absolute atomic E-state index is 0.0677. The van der Waals surface area contributed by atoms with Crippen molar-refractivity contribution in [3.63, 3.8) is 0 Å². The normalized spacial score (nSPS) is 10.3. The lowest BCUT2D eigenvalue weighted by Crippen LogP contribution is -2.16. The number of rotatable bonds is 6. The molecule has 8 heteroatoms. The lowest BCUT2D eigenvalue weighted by molar-refractivity contribution is -0.115. The quantitative estimate of drug-likeness (QED) is 0.698. The second-order valence-corrected chi connectivity index (χ2v) is 6.26. The molecule has 26 heavy (non-hydrogen) atoms. The first kappa shape index (κ1) is 17.7. The highest BCUT2D eigenvalue weighted by molar-refractivity contribution is 7.14. The number of para-hydroxylation sites is 1. The van der Waals surface area contributed by atoms with E-state index in [1.54, 1.807) is 11.4 Å². The average Bonchev–Trinajstić information content (AvgIpc) is 3.09. The highest BCUT2D eigenvalue weighted by atomic mass is 32.1. The van der Waals surface area contributed by atoms with Gasteiger partial charge in [0.1, 0.15) is 0 Å². The van der Waals surface area contributed by atoms with Crippen LogP contribution in [0.25, 0.3) is 0 Å². The van der Waals surface area contributed by atoms with Gasteiger partial charge in [-0.3, -0.25) is 14.9 Å². The number of carbonyl (C=O) groups excluding carboxylic acids is 2. The number of hydrogen-bond donors (Lipinski definition) is 2. The van der Waals surface area contributed by atoms with Gasteiger partial charge in [-0.1, -0.05) is 25.1 Å². The number of hydrogen-bond acceptors (Lipinski definition) is 6. The Kier molecular flexibility index (Phi) is 5.65. The Morgan fingerprint density at radius 3 is 2.62 bits per heavy atom. The number of aryl methyl sites for hydroxylation is 1. The van der Waals surface area contributed by atoms with E-state index < -0.39 is 5.91 Å². The number of thiazole rings is 1. The van der Waals surface area contributed by atoms with Crippen molar-refractivity contribution in [3.05, 3.63) is 65.2 Å². The molecular weight excluding hydrogens is 350 g/mol. The van der Waals surface area contributed by atoms with Crippen molar-refractivity contribution < 1.29 is 9.59 Å². The van der Waals surface area contributed by atoms with E-state index in [1.165, 1.54) is 23.7 Å². The SMILES string of the molecule is CCc1ccccc1NC(=O)Cc1csc(NC(=O)c2ncccn2)n1. The standard InChI is InChI=1S/C18H17N5O2S/c1-2-12-6-3-4-7-14(12)22-15(24)10-13-11-26-18(21-13)23-17(25)16-19-8-5-9-20-16/h3-9,11H,2,10H2,1H3,(H,22,24)(H,21,23,25). The van der Waals surface area contributed by atoms with Crippen LogP contribution in [0.2, 0.25) is 0 Å². The summed E-state index contributed by atoms with van der Waals surface area (Å²) in [5.74, 6) is -0.522. The zero-order chi connectivity index (χ0) is 18.4.